The van der Waals surface area contributed by atoms with Crippen molar-refractivity contribution in [2.24, 2.45) is 10.9 Å². The minimum Gasteiger partial charge on any atom is -0.478 e. The highest BCUT2D eigenvalue weighted by molar-refractivity contribution is 8.00. The molecule has 0 aliphatic carbocycles. The van der Waals surface area contributed by atoms with Crippen LogP contribution in [0.4, 0.5) is 16.6 Å². The number of carboxylic acid groups (broad SMARTS) is 2. The number of anilines is 3. The third-order valence-corrected chi connectivity index (χ3v) is 8.84. The van der Waals surface area contributed by atoms with E-state index in [4.69, 9.17) is 22.0 Å². The normalized spacial score (nSPS) is 18.0. The van der Waals surface area contributed by atoms with E-state index in [2.05, 4.69) is 30.1 Å². The molecule has 0 aromatic carbocycles. The third-order valence-electron chi connectivity index (χ3n) is 7.00. The van der Waals surface area contributed by atoms with Crippen LogP contribution in [0.25, 0.3) is 0 Å². The van der Waals surface area contributed by atoms with Crippen molar-refractivity contribution in [2.75, 3.05) is 29.1 Å². The lowest BCUT2D eigenvalue weighted by Gasteiger charge is -2.49. The number of oxime groups is 1. The van der Waals surface area contributed by atoms with Crippen molar-refractivity contribution < 1.29 is 43.6 Å². The van der Waals surface area contributed by atoms with Gasteiger partial charge < -0.3 is 42.9 Å². The molecule has 2 aliphatic rings. The van der Waals surface area contributed by atoms with Crippen molar-refractivity contribution in [1.29, 1.82) is 0 Å². The molecule has 4 heterocycles. The molecular formula is C27H34N11O8S2+. The first-order chi connectivity index (χ1) is 22.6. The number of carbonyl (C=O) groups is 5. The van der Waals surface area contributed by atoms with Crippen molar-refractivity contribution in [2.45, 2.75) is 57.2 Å². The van der Waals surface area contributed by atoms with Gasteiger partial charge in [-0.15, -0.1) is 11.8 Å². The summed E-state index contributed by atoms with van der Waals surface area (Å²) >= 11 is 1.98. The predicted molar refractivity (Wildman–Crippen MR) is 173 cm³/mol. The lowest BCUT2D eigenvalue weighted by molar-refractivity contribution is -0.695. The summed E-state index contributed by atoms with van der Waals surface area (Å²) in [6, 6.07) is -1.14. The quantitative estimate of drug-likeness (QED) is 0.0534. The molecule has 2 aromatic rings. The molecule has 4 rings (SSSR count). The average Bonchev–Trinajstić information content (AvgIpc) is 3.45. The highest BCUT2D eigenvalue weighted by Gasteiger charge is 2.54. The van der Waals surface area contributed by atoms with Crippen LogP contribution in [0, 0.1) is 6.92 Å². The van der Waals surface area contributed by atoms with Gasteiger partial charge in [0.15, 0.2) is 10.8 Å². The van der Waals surface area contributed by atoms with Gasteiger partial charge in [0.1, 0.15) is 29.9 Å². The van der Waals surface area contributed by atoms with E-state index in [1.807, 2.05) is 0 Å². The van der Waals surface area contributed by atoms with Crippen molar-refractivity contribution in [3.05, 3.63) is 41.3 Å². The van der Waals surface area contributed by atoms with Gasteiger partial charge in [-0.05, 0) is 43.4 Å². The Morgan fingerprint density at radius 1 is 1.25 bits per heavy atom. The number of carboxylic acids is 2. The molecule has 0 saturated carbocycles. The number of nitrogens with one attached hydrogen (secondary N) is 2. The Balaban J connectivity index is 1.50. The summed E-state index contributed by atoms with van der Waals surface area (Å²) in [6.45, 7) is 4.75. The fraction of sp³-hybridized carbons (Fsp3) is 0.407. The number of hydrogen-bond acceptors (Lipinski definition) is 15. The molecule has 21 heteroatoms. The topological polar surface area (TPSA) is 295 Å². The predicted octanol–water partition coefficient (Wildman–Crippen LogP) is -1.05. The zero-order chi connectivity index (χ0) is 35.3. The van der Waals surface area contributed by atoms with Crippen molar-refractivity contribution >= 4 is 75.3 Å². The number of nitrogens with two attached hydrogens (primary N) is 3. The van der Waals surface area contributed by atoms with Crippen LogP contribution in [-0.2, 0) is 35.4 Å². The smallest absolute Gasteiger partial charge is 0.352 e. The summed E-state index contributed by atoms with van der Waals surface area (Å²) in [6.07, 6.45) is 5.62. The highest BCUT2D eigenvalue weighted by Crippen LogP contribution is 2.40. The fourth-order valence-corrected chi connectivity index (χ4v) is 6.13. The number of allylic oxidation sites excluding steroid dienone is 2. The summed E-state index contributed by atoms with van der Waals surface area (Å²) < 4.78 is 5.63. The molecule has 10 N–H and O–H groups in total. The summed E-state index contributed by atoms with van der Waals surface area (Å²) in [5.41, 5.74) is 15.2. The first kappa shape index (κ1) is 35.7. The Kier molecular flexibility index (Phi) is 11.0. The number of β-lactam (4-membered cyclic amide) rings is 1. The molecule has 256 valence electrons. The van der Waals surface area contributed by atoms with E-state index >= 15 is 0 Å². The van der Waals surface area contributed by atoms with E-state index in [1.165, 1.54) is 25.6 Å². The van der Waals surface area contributed by atoms with Crippen LogP contribution in [0.5, 0.6) is 0 Å². The molecule has 48 heavy (non-hydrogen) atoms. The number of hydrogen-bond donors (Lipinski definition) is 7. The van der Waals surface area contributed by atoms with Crippen LogP contribution in [0.15, 0.2) is 34.8 Å². The maximum Gasteiger partial charge on any atom is 0.352 e. The molecular weight excluding hydrogens is 670 g/mol. The van der Waals surface area contributed by atoms with Crippen molar-refractivity contribution in [3.8, 4) is 0 Å². The Labute approximate surface area is 281 Å². The second-order valence-corrected chi connectivity index (χ2v) is 12.8. The molecule has 2 atom stereocenters. The first-order valence-corrected chi connectivity index (χ1v) is 16.1. The molecule has 2 aliphatic heterocycles. The summed E-state index contributed by atoms with van der Waals surface area (Å²) in [5, 5.41) is 27.5. The Bertz CT molecular complexity index is 1740. The Morgan fingerprint density at radius 3 is 2.60 bits per heavy atom. The highest BCUT2D eigenvalue weighted by atomic mass is 32.2. The molecule has 19 nitrogen and oxygen atoms in total. The lowest BCUT2D eigenvalue weighted by Crippen LogP contribution is -2.71. The average molecular weight is 705 g/mol. The number of nitrogens with zero attached hydrogens (tertiary/aromatic N) is 6. The maximum atomic E-state index is 13.2. The van der Waals surface area contributed by atoms with E-state index in [0.29, 0.717) is 30.1 Å². The van der Waals surface area contributed by atoms with Gasteiger partial charge in [0, 0.05) is 30.6 Å². The van der Waals surface area contributed by atoms with Gasteiger partial charge in [0.25, 0.3) is 23.5 Å². The van der Waals surface area contributed by atoms with Gasteiger partial charge in [-0.1, -0.05) is 11.2 Å². The number of rotatable bonds is 14. The zero-order valence-electron chi connectivity index (χ0n) is 26.0. The third kappa shape index (κ3) is 7.86. The molecule has 1 fully saturated rings. The number of aryl methyl sites for hydroxylation is 1. The van der Waals surface area contributed by atoms with Gasteiger partial charge in [-0.25, -0.2) is 14.2 Å². The second-order valence-electron chi connectivity index (χ2n) is 10.9. The van der Waals surface area contributed by atoms with Crippen LogP contribution in [0.1, 0.15) is 38.3 Å². The molecule has 3 amide bonds. The van der Waals surface area contributed by atoms with E-state index in [9.17, 15) is 34.2 Å². The van der Waals surface area contributed by atoms with Crippen LogP contribution < -0.4 is 32.4 Å². The van der Waals surface area contributed by atoms with Crippen LogP contribution in [0.3, 0.4) is 0 Å². The molecule has 0 spiro atoms. The number of aliphatic carboxylic acids is 2. The van der Waals surface area contributed by atoms with Crippen LogP contribution in [-0.4, -0.2) is 94.1 Å². The molecule has 1 unspecified atom stereocenters. The minimum atomic E-state index is -1.81. The number of nitrogen functional groups attached to an aromatic ring is 2. The second kappa shape index (κ2) is 14.7. The minimum absolute atomic E-state index is 0.000278. The van der Waals surface area contributed by atoms with E-state index < -0.39 is 46.5 Å². The zero-order valence-corrected chi connectivity index (χ0v) is 27.6. The van der Waals surface area contributed by atoms with Crippen molar-refractivity contribution in [3.63, 3.8) is 0 Å². The largest absolute Gasteiger partial charge is 0.478 e. The molecule has 0 radical (unpaired) electrons. The van der Waals surface area contributed by atoms with Gasteiger partial charge in [0.05, 0.1) is 0 Å². The van der Waals surface area contributed by atoms with Crippen LogP contribution >= 0.6 is 23.3 Å². The van der Waals surface area contributed by atoms with E-state index in [1.54, 1.807) is 29.8 Å². The van der Waals surface area contributed by atoms with Gasteiger partial charge in [-0.2, -0.15) is 9.36 Å². The van der Waals surface area contributed by atoms with E-state index in [0.717, 1.165) is 16.4 Å². The lowest BCUT2D eigenvalue weighted by atomic mass is 10.0. The fourth-order valence-electron chi connectivity index (χ4n) is 4.37. The first-order valence-electron chi connectivity index (χ1n) is 14.3. The number of aromatic nitrogens is 4. The summed E-state index contributed by atoms with van der Waals surface area (Å²) in [5.74, 6) is -4.00. The molecule has 1 saturated heterocycles. The van der Waals surface area contributed by atoms with Crippen molar-refractivity contribution in [1.82, 2.24) is 24.6 Å². The molecule has 0 bridgehead atoms. The summed E-state index contributed by atoms with van der Waals surface area (Å²) in [4.78, 5) is 76.8. The van der Waals surface area contributed by atoms with Gasteiger partial charge in [0.2, 0.25) is 23.0 Å². The maximum absolute atomic E-state index is 13.2. The number of thioether (sulfide) groups is 1. The number of carbonyl (C=O) groups excluding carboxylic acids is 3. The summed E-state index contributed by atoms with van der Waals surface area (Å²) in [7, 11) is 0. The SMILES string of the molecule is Cc1nc(N)c(NC(=O)CCCN)c[n+]1C/C=C/C1=C(C(=O)O)N2C(=O)[C@@H](NC(=O)/C(=N\OC(C)(C)C(=O)O)c3nsc(N)n3)C2SC1. The Morgan fingerprint density at radius 2 is 1.98 bits per heavy atom. The van der Waals surface area contributed by atoms with Gasteiger partial charge >= 0.3 is 11.9 Å². The number of amides is 3. The standard InChI is InChI=1S/C27H33N11O8S2/c1-12-31-19(29)14(32-15(39)7-4-8-28)10-37(12)9-5-6-13-11-47-23-17(22(41)38(23)18(13)24(42)43)33-21(40)16(20-34-26(30)48-36-20)35-46-27(2,3)25(44)45/h5-6,10,17,23,29H,4,7-9,11,28H2,1-3H3,(H6,30,32,33,34,36,39,40,42,43,44,45)/p+1/b6-5+,35-16-/t17-,23?/m1/s1. The van der Waals surface area contributed by atoms with Gasteiger partial charge in [-0.3, -0.25) is 19.3 Å². The monoisotopic (exact) mass is 704 g/mol. The number of fused-ring (bicyclic) bond motifs is 1. The van der Waals surface area contributed by atoms with Crippen LogP contribution in [0.2, 0.25) is 0 Å². The molecule has 2 aromatic heterocycles. The van der Waals surface area contributed by atoms with E-state index in [-0.39, 0.29) is 47.1 Å². The Hall–Kier alpha value is -5.15.